The van der Waals surface area contributed by atoms with Crippen LogP contribution in [-0.4, -0.2) is 11.5 Å². The summed E-state index contributed by atoms with van der Waals surface area (Å²) < 4.78 is 0. The van der Waals surface area contributed by atoms with E-state index in [-0.39, 0.29) is 0 Å². The largest absolute Gasteiger partial charge is 0.310 e. The summed E-state index contributed by atoms with van der Waals surface area (Å²) in [5, 5.41) is 5.66. The molecule has 2 rings (SSSR count). The number of nitrogens with one attached hydrogen (secondary N) is 1. The van der Waals surface area contributed by atoms with Crippen molar-refractivity contribution in [3.8, 4) is 0 Å². The first kappa shape index (κ1) is 13.2. The smallest absolute Gasteiger partial charge is 0.0794 e. The van der Waals surface area contributed by atoms with E-state index in [2.05, 4.69) is 54.7 Å². The van der Waals surface area contributed by atoms with Crippen molar-refractivity contribution in [2.45, 2.75) is 33.2 Å². The van der Waals surface area contributed by atoms with Gasteiger partial charge in [0.05, 0.1) is 11.2 Å². The van der Waals surface area contributed by atoms with Crippen LogP contribution in [0.4, 0.5) is 0 Å². The molecule has 0 radical (unpaired) electrons. The Morgan fingerprint density at radius 3 is 2.78 bits per heavy atom. The number of benzene rings is 1. The summed E-state index contributed by atoms with van der Waals surface area (Å²) in [5.74, 6) is 0. The molecule has 0 aliphatic rings. The van der Waals surface area contributed by atoms with Crippen LogP contribution in [0.15, 0.2) is 29.1 Å². The predicted molar refractivity (Wildman–Crippen MR) is 78.2 cm³/mol. The van der Waals surface area contributed by atoms with Crippen molar-refractivity contribution < 1.29 is 0 Å². The van der Waals surface area contributed by atoms with Crippen molar-refractivity contribution in [1.82, 2.24) is 10.3 Å². The third-order valence-corrected chi connectivity index (χ3v) is 3.98. The quantitative estimate of drug-likeness (QED) is 0.887. The molecule has 2 nitrogen and oxygen atoms in total. The van der Waals surface area contributed by atoms with Crippen molar-refractivity contribution in [3.05, 3.63) is 51.5 Å². The minimum Gasteiger partial charge on any atom is -0.310 e. The van der Waals surface area contributed by atoms with E-state index in [1.165, 1.54) is 22.4 Å². The summed E-state index contributed by atoms with van der Waals surface area (Å²) in [5.41, 5.74) is 7.15. The third-order valence-electron chi connectivity index (χ3n) is 3.35. The minimum atomic E-state index is 0.392. The Labute approximate surface area is 113 Å². The van der Waals surface area contributed by atoms with Crippen LogP contribution in [-0.2, 0) is 6.42 Å². The van der Waals surface area contributed by atoms with E-state index in [4.69, 9.17) is 0 Å². The highest BCUT2D eigenvalue weighted by molar-refractivity contribution is 7.07. The van der Waals surface area contributed by atoms with Gasteiger partial charge < -0.3 is 5.32 Å². The molecule has 1 unspecified atom stereocenters. The number of thiazole rings is 1. The molecule has 0 saturated carbocycles. The van der Waals surface area contributed by atoms with E-state index in [9.17, 15) is 0 Å². The summed E-state index contributed by atoms with van der Waals surface area (Å²) in [7, 11) is 0. The molecule has 2 aromatic rings. The molecule has 0 aliphatic heterocycles. The first-order chi connectivity index (χ1) is 8.66. The Morgan fingerprint density at radius 1 is 1.28 bits per heavy atom. The second-order valence-corrected chi connectivity index (χ2v) is 5.47. The molecule has 0 spiro atoms. The van der Waals surface area contributed by atoms with Crippen LogP contribution in [0.5, 0.6) is 0 Å². The van der Waals surface area contributed by atoms with Crippen LogP contribution in [0.3, 0.4) is 0 Å². The molecule has 0 bridgehead atoms. The van der Waals surface area contributed by atoms with E-state index in [1.54, 1.807) is 11.3 Å². The fraction of sp³-hybridized carbons (Fsp3) is 0.400. The monoisotopic (exact) mass is 260 g/mol. The number of rotatable bonds is 5. The normalized spacial score (nSPS) is 12.6. The van der Waals surface area contributed by atoms with Gasteiger partial charge in [-0.1, -0.05) is 18.2 Å². The van der Waals surface area contributed by atoms with Gasteiger partial charge in [-0.15, -0.1) is 11.3 Å². The molecule has 1 N–H and O–H groups in total. The maximum absolute atomic E-state index is 4.29. The van der Waals surface area contributed by atoms with Gasteiger partial charge in [0, 0.05) is 24.4 Å². The predicted octanol–water partition coefficient (Wildman–Crippen LogP) is 3.65. The Kier molecular flexibility index (Phi) is 4.50. The third kappa shape index (κ3) is 3.40. The number of aromatic nitrogens is 1. The van der Waals surface area contributed by atoms with Gasteiger partial charge in [0.2, 0.25) is 0 Å². The zero-order valence-corrected chi connectivity index (χ0v) is 12.1. The summed E-state index contributed by atoms with van der Waals surface area (Å²) in [6.45, 7) is 7.50. The van der Waals surface area contributed by atoms with Crippen LogP contribution < -0.4 is 5.32 Å². The van der Waals surface area contributed by atoms with Crippen LogP contribution in [0, 0.1) is 13.8 Å². The van der Waals surface area contributed by atoms with Gasteiger partial charge in [-0.2, -0.15) is 0 Å². The first-order valence-corrected chi connectivity index (χ1v) is 7.28. The Bertz CT molecular complexity index is 491. The van der Waals surface area contributed by atoms with E-state index < -0.39 is 0 Å². The highest BCUT2D eigenvalue weighted by Crippen LogP contribution is 2.16. The zero-order chi connectivity index (χ0) is 13.0. The summed E-state index contributed by atoms with van der Waals surface area (Å²) >= 11 is 1.66. The molecule has 1 aromatic carbocycles. The number of hydrogen-bond acceptors (Lipinski definition) is 3. The molecule has 3 heteroatoms. The van der Waals surface area contributed by atoms with Crippen molar-refractivity contribution in [2.24, 2.45) is 0 Å². The molecular weight excluding hydrogens is 240 g/mol. The van der Waals surface area contributed by atoms with Crippen LogP contribution in [0.2, 0.25) is 0 Å². The lowest BCUT2D eigenvalue weighted by molar-refractivity contribution is 0.574. The van der Waals surface area contributed by atoms with E-state index >= 15 is 0 Å². The lowest BCUT2D eigenvalue weighted by Gasteiger charge is -2.15. The van der Waals surface area contributed by atoms with Crippen molar-refractivity contribution in [2.75, 3.05) is 6.54 Å². The van der Waals surface area contributed by atoms with Crippen LogP contribution in [0.25, 0.3) is 0 Å². The molecule has 1 heterocycles. The Balaban J connectivity index is 1.87. The van der Waals surface area contributed by atoms with Gasteiger partial charge in [-0.05, 0) is 37.5 Å². The molecule has 0 fully saturated rings. The van der Waals surface area contributed by atoms with Crippen LogP contribution in [0.1, 0.15) is 35.3 Å². The number of aryl methyl sites for hydroxylation is 2. The topological polar surface area (TPSA) is 24.9 Å². The van der Waals surface area contributed by atoms with E-state index in [1.807, 2.05) is 5.51 Å². The van der Waals surface area contributed by atoms with Gasteiger partial charge in [-0.3, -0.25) is 0 Å². The molecule has 0 amide bonds. The van der Waals surface area contributed by atoms with Crippen LogP contribution >= 0.6 is 11.3 Å². The highest BCUT2D eigenvalue weighted by Gasteiger charge is 2.05. The second kappa shape index (κ2) is 6.12. The molecule has 96 valence electrons. The number of nitrogens with zero attached hydrogens (tertiary/aromatic N) is 1. The van der Waals surface area contributed by atoms with E-state index in [0.717, 1.165) is 13.0 Å². The molecule has 0 saturated heterocycles. The average molecular weight is 260 g/mol. The molecule has 1 aromatic heterocycles. The highest BCUT2D eigenvalue weighted by atomic mass is 32.1. The lowest BCUT2D eigenvalue weighted by Crippen LogP contribution is -2.21. The van der Waals surface area contributed by atoms with Gasteiger partial charge in [0.1, 0.15) is 0 Å². The second-order valence-electron chi connectivity index (χ2n) is 4.75. The molecular formula is C15H20N2S. The van der Waals surface area contributed by atoms with Crippen molar-refractivity contribution in [1.29, 1.82) is 0 Å². The van der Waals surface area contributed by atoms with Gasteiger partial charge in [0.25, 0.3) is 0 Å². The first-order valence-electron chi connectivity index (χ1n) is 6.34. The van der Waals surface area contributed by atoms with Crippen molar-refractivity contribution in [3.63, 3.8) is 0 Å². The van der Waals surface area contributed by atoms with E-state index in [0.29, 0.717) is 6.04 Å². The van der Waals surface area contributed by atoms with Gasteiger partial charge in [-0.25, -0.2) is 4.98 Å². The lowest BCUT2D eigenvalue weighted by atomic mass is 10.0. The SMILES string of the molecule is Cc1ccc(C(C)NCCc2cscn2)cc1C. The maximum atomic E-state index is 4.29. The van der Waals surface area contributed by atoms with Crippen molar-refractivity contribution >= 4 is 11.3 Å². The standard InChI is InChI=1S/C15H20N2S/c1-11-4-5-14(8-12(11)2)13(3)16-7-6-15-9-18-10-17-15/h4-5,8-10,13,16H,6-7H2,1-3H3. The maximum Gasteiger partial charge on any atom is 0.0794 e. The molecule has 1 atom stereocenters. The molecule has 0 aliphatic carbocycles. The Hall–Kier alpha value is -1.19. The zero-order valence-electron chi connectivity index (χ0n) is 11.2. The summed E-state index contributed by atoms with van der Waals surface area (Å²) in [4.78, 5) is 4.29. The minimum absolute atomic E-state index is 0.392. The summed E-state index contributed by atoms with van der Waals surface area (Å²) in [6, 6.07) is 7.07. The Morgan fingerprint density at radius 2 is 2.11 bits per heavy atom. The molecule has 18 heavy (non-hydrogen) atoms. The average Bonchev–Trinajstić information content (AvgIpc) is 2.85. The van der Waals surface area contributed by atoms with Gasteiger partial charge >= 0.3 is 0 Å². The summed E-state index contributed by atoms with van der Waals surface area (Å²) in [6.07, 6.45) is 0.999. The fourth-order valence-corrected chi connectivity index (χ4v) is 2.52. The van der Waals surface area contributed by atoms with Gasteiger partial charge in [0.15, 0.2) is 0 Å². The number of hydrogen-bond donors (Lipinski definition) is 1. The fourth-order valence-electron chi connectivity index (χ4n) is 1.93.